The molecule has 1 heterocycles. The molecule has 21 heavy (non-hydrogen) atoms. The van der Waals surface area contributed by atoms with Gasteiger partial charge in [-0.1, -0.05) is 36.7 Å². The van der Waals surface area contributed by atoms with Gasteiger partial charge in [-0.15, -0.1) is 0 Å². The minimum Gasteiger partial charge on any atom is -0.492 e. The predicted octanol–water partition coefficient (Wildman–Crippen LogP) is 3.11. The van der Waals surface area contributed by atoms with E-state index >= 15 is 0 Å². The van der Waals surface area contributed by atoms with Gasteiger partial charge in [0.15, 0.2) is 0 Å². The Morgan fingerprint density at radius 3 is 2.76 bits per heavy atom. The highest BCUT2D eigenvalue weighted by atomic mass is 35.5. The van der Waals surface area contributed by atoms with Crippen LogP contribution in [0.15, 0.2) is 42.5 Å². The number of aromatic nitrogens is 1. The van der Waals surface area contributed by atoms with Crippen LogP contribution >= 0.6 is 11.6 Å². The van der Waals surface area contributed by atoms with Crippen LogP contribution in [0.3, 0.4) is 0 Å². The van der Waals surface area contributed by atoms with Gasteiger partial charge in [-0.05, 0) is 30.7 Å². The monoisotopic (exact) mass is 304 g/mol. The number of carbonyl (C=O) groups excluding carboxylic acids is 1. The molecule has 0 fully saturated rings. The average molecular weight is 305 g/mol. The fraction of sp³-hybridized carbons (Fsp3) is 0.250. The second-order valence-electron chi connectivity index (χ2n) is 4.44. The molecular weight excluding hydrogens is 288 g/mol. The molecule has 5 heteroatoms. The summed E-state index contributed by atoms with van der Waals surface area (Å²) in [5.74, 6) is 0.609. The SMILES string of the molecule is CCc1cc(C(=O)NCCOc2ccccc2)cc(Cl)n1. The Morgan fingerprint density at radius 2 is 2.05 bits per heavy atom. The van der Waals surface area contributed by atoms with E-state index in [1.807, 2.05) is 37.3 Å². The fourth-order valence-electron chi connectivity index (χ4n) is 1.82. The summed E-state index contributed by atoms with van der Waals surface area (Å²) in [6.07, 6.45) is 0.734. The maximum absolute atomic E-state index is 12.0. The number of nitrogens with one attached hydrogen (secondary N) is 1. The average Bonchev–Trinajstić information content (AvgIpc) is 2.51. The third-order valence-electron chi connectivity index (χ3n) is 2.87. The van der Waals surface area contributed by atoms with Crippen LogP contribution in [0, 0.1) is 0 Å². The van der Waals surface area contributed by atoms with Crippen molar-refractivity contribution in [3.63, 3.8) is 0 Å². The van der Waals surface area contributed by atoms with Gasteiger partial charge in [0.2, 0.25) is 0 Å². The lowest BCUT2D eigenvalue weighted by atomic mass is 10.2. The molecule has 2 rings (SSSR count). The third-order valence-corrected chi connectivity index (χ3v) is 3.06. The summed E-state index contributed by atoms with van der Waals surface area (Å²) in [4.78, 5) is 16.2. The molecular formula is C16H17ClN2O2. The first-order valence-electron chi connectivity index (χ1n) is 6.81. The molecule has 1 aromatic heterocycles. The molecule has 4 nitrogen and oxygen atoms in total. The van der Waals surface area contributed by atoms with Gasteiger partial charge in [-0.2, -0.15) is 0 Å². The molecule has 0 unspecified atom stereocenters. The van der Waals surface area contributed by atoms with Crippen molar-refractivity contribution in [1.29, 1.82) is 0 Å². The van der Waals surface area contributed by atoms with Crippen molar-refractivity contribution in [3.05, 3.63) is 58.9 Å². The van der Waals surface area contributed by atoms with Crippen molar-refractivity contribution in [2.75, 3.05) is 13.2 Å². The molecule has 0 saturated heterocycles. The summed E-state index contributed by atoms with van der Waals surface area (Å²) in [5, 5.41) is 3.13. The number of ether oxygens (including phenoxy) is 1. The summed E-state index contributed by atoms with van der Waals surface area (Å²) >= 11 is 5.90. The Balaban J connectivity index is 1.83. The van der Waals surface area contributed by atoms with E-state index in [9.17, 15) is 4.79 Å². The normalized spacial score (nSPS) is 10.2. The van der Waals surface area contributed by atoms with E-state index in [1.165, 1.54) is 0 Å². The minimum atomic E-state index is -0.175. The molecule has 0 atom stereocenters. The number of rotatable bonds is 6. The molecule has 1 amide bonds. The fourth-order valence-corrected chi connectivity index (χ4v) is 2.04. The summed E-state index contributed by atoms with van der Waals surface area (Å²) < 4.78 is 5.51. The molecule has 0 aliphatic heterocycles. The van der Waals surface area contributed by atoms with Gasteiger partial charge in [-0.25, -0.2) is 4.98 Å². The first kappa shape index (κ1) is 15.3. The van der Waals surface area contributed by atoms with Crippen molar-refractivity contribution in [3.8, 4) is 5.75 Å². The van der Waals surface area contributed by atoms with Gasteiger partial charge in [0.1, 0.15) is 17.5 Å². The largest absolute Gasteiger partial charge is 0.492 e. The predicted molar refractivity (Wildman–Crippen MR) is 82.9 cm³/mol. The van der Waals surface area contributed by atoms with E-state index < -0.39 is 0 Å². The van der Waals surface area contributed by atoms with Crippen molar-refractivity contribution in [2.45, 2.75) is 13.3 Å². The van der Waals surface area contributed by atoms with Crippen molar-refractivity contribution in [2.24, 2.45) is 0 Å². The van der Waals surface area contributed by atoms with Crippen LogP contribution in [0.2, 0.25) is 5.15 Å². The third kappa shape index (κ3) is 4.76. The second-order valence-corrected chi connectivity index (χ2v) is 4.83. The van der Waals surface area contributed by atoms with E-state index in [0.717, 1.165) is 17.9 Å². The Hall–Kier alpha value is -2.07. The molecule has 0 aliphatic rings. The molecule has 0 spiro atoms. The summed E-state index contributed by atoms with van der Waals surface area (Å²) in [6, 6.07) is 12.8. The topological polar surface area (TPSA) is 51.2 Å². The summed E-state index contributed by atoms with van der Waals surface area (Å²) in [7, 11) is 0. The first-order chi connectivity index (χ1) is 10.2. The van der Waals surface area contributed by atoms with Crippen LogP contribution in [0.4, 0.5) is 0 Å². The highest BCUT2D eigenvalue weighted by Crippen LogP contribution is 2.11. The second kappa shape index (κ2) is 7.64. The lowest BCUT2D eigenvalue weighted by Crippen LogP contribution is -2.28. The zero-order chi connectivity index (χ0) is 15.1. The molecule has 0 radical (unpaired) electrons. The maximum Gasteiger partial charge on any atom is 0.251 e. The number of carbonyl (C=O) groups is 1. The van der Waals surface area contributed by atoms with Gasteiger partial charge >= 0.3 is 0 Å². The molecule has 1 aromatic carbocycles. The van der Waals surface area contributed by atoms with Crippen LogP contribution in [-0.2, 0) is 6.42 Å². The van der Waals surface area contributed by atoms with Gasteiger partial charge in [0, 0.05) is 11.3 Å². The van der Waals surface area contributed by atoms with Crippen molar-refractivity contribution in [1.82, 2.24) is 10.3 Å². The quantitative estimate of drug-likeness (QED) is 0.659. The number of amides is 1. The first-order valence-corrected chi connectivity index (χ1v) is 7.19. The van der Waals surface area contributed by atoms with Crippen LogP contribution in [0.1, 0.15) is 23.0 Å². The van der Waals surface area contributed by atoms with Crippen LogP contribution in [-0.4, -0.2) is 24.0 Å². The van der Waals surface area contributed by atoms with E-state index in [2.05, 4.69) is 10.3 Å². The number of nitrogens with zero attached hydrogens (tertiary/aromatic N) is 1. The van der Waals surface area contributed by atoms with Crippen molar-refractivity contribution >= 4 is 17.5 Å². The van der Waals surface area contributed by atoms with E-state index in [0.29, 0.717) is 23.9 Å². The van der Waals surface area contributed by atoms with E-state index in [4.69, 9.17) is 16.3 Å². The van der Waals surface area contributed by atoms with Gasteiger partial charge in [-0.3, -0.25) is 4.79 Å². The lowest BCUT2D eigenvalue weighted by Gasteiger charge is -2.08. The maximum atomic E-state index is 12.0. The number of benzene rings is 1. The standard InChI is InChI=1S/C16H17ClN2O2/c1-2-13-10-12(11-15(17)19-13)16(20)18-8-9-21-14-6-4-3-5-7-14/h3-7,10-11H,2,8-9H2,1H3,(H,18,20). The van der Waals surface area contributed by atoms with Crippen LogP contribution in [0.5, 0.6) is 5.75 Å². The van der Waals surface area contributed by atoms with Gasteiger partial charge in [0.05, 0.1) is 6.54 Å². The smallest absolute Gasteiger partial charge is 0.251 e. The number of aryl methyl sites for hydroxylation is 1. The van der Waals surface area contributed by atoms with Crippen LogP contribution < -0.4 is 10.1 Å². The molecule has 1 N–H and O–H groups in total. The molecule has 0 aliphatic carbocycles. The number of hydrogen-bond acceptors (Lipinski definition) is 3. The Bertz CT molecular complexity index is 602. The number of para-hydroxylation sites is 1. The number of pyridine rings is 1. The zero-order valence-corrected chi connectivity index (χ0v) is 12.6. The summed E-state index contributed by atoms with van der Waals surface area (Å²) in [5.41, 5.74) is 1.32. The van der Waals surface area contributed by atoms with Crippen LogP contribution in [0.25, 0.3) is 0 Å². The van der Waals surface area contributed by atoms with Gasteiger partial charge < -0.3 is 10.1 Å². The summed E-state index contributed by atoms with van der Waals surface area (Å²) in [6.45, 7) is 2.80. The number of halogens is 1. The molecule has 0 saturated carbocycles. The van der Waals surface area contributed by atoms with Gasteiger partial charge in [0.25, 0.3) is 5.91 Å². The molecule has 0 bridgehead atoms. The Morgan fingerprint density at radius 1 is 1.29 bits per heavy atom. The minimum absolute atomic E-state index is 0.175. The highest BCUT2D eigenvalue weighted by Gasteiger charge is 2.08. The Labute approximate surface area is 129 Å². The van der Waals surface area contributed by atoms with E-state index in [-0.39, 0.29) is 5.91 Å². The lowest BCUT2D eigenvalue weighted by molar-refractivity contribution is 0.0947. The van der Waals surface area contributed by atoms with Crippen molar-refractivity contribution < 1.29 is 9.53 Å². The zero-order valence-electron chi connectivity index (χ0n) is 11.8. The Kier molecular flexibility index (Phi) is 5.58. The highest BCUT2D eigenvalue weighted by molar-refractivity contribution is 6.29. The molecule has 2 aromatic rings. The molecule has 110 valence electrons. The van der Waals surface area contributed by atoms with E-state index in [1.54, 1.807) is 12.1 Å². The number of hydrogen-bond donors (Lipinski definition) is 1.